The van der Waals surface area contributed by atoms with Crippen LogP contribution >= 0.6 is 0 Å². The van der Waals surface area contributed by atoms with Gasteiger partial charge in [-0.3, -0.25) is 19.1 Å². The average molecular weight is 354 g/mol. The Bertz CT molecular complexity index is 786. The summed E-state index contributed by atoms with van der Waals surface area (Å²) in [5.74, 6) is -0.673. The average Bonchev–Trinajstić information content (AvgIpc) is 2.97. The van der Waals surface area contributed by atoms with Crippen LogP contribution in [0.2, 0.25) is 0 Å². The lowest BCUT2D eigenvalue weighted by Crippen LogP contribution is -2.39. The van der Waals surface area contributed by atoms with Gasteiger partial charge < -0.3 is 26.0 Å². The van der Waals surface area contributed by atoms with Gasteiger partial charge in [0.15, 0.2) is 11.2 Å². The molecule has 0 aliphatic carbocycles. The van der Waals surface area contributed by atoms with Gasteiger partial charge in [0.25, 0.3) is 5.56 Å². The highest BCUT2D eigenvalue weighted by atomic mass is 16.6. The van der Waals surface area contributed by atoms with Gasteiger partial charge in [0.1, 0.15) is 25.5 Å². The molecule has 2 heterocycles. The number of anilines is 1. The number of nitrogens with zero attached hydrogens (tertiary/aromatic N) is 3. The maximum atomic E-state index is 11.7. The zero-order valence-corrected chi connectivity index (χ0v) is 14.0. The van der Waals surface area contributed by atoms with E-state index in [2.05, 4.69) is 15.0 Å². The highest BCUT2D eigenvalue weighted by Gasteiger charge is 2.21. The molecule has 0 radical (unpaired) electrons. The van der Waals surface area contributed by atoms with E-state index in [0.717, 1.165) is 0 Å². The molecule has 138 valence electrons. The summed E-state index contributed by atoms with van der Waals surface area (Å²) in [6.07, 6.45) is 0.599. The Hall–Kier alpha value is -2.50. The number of nitrogens with two attached hydrogens (primary N) is 2. The molecule has 0 aliphatic heterocycles. The Kier molecular flexibility index (Phi) is 6.07. The SMILES string of the molecule is CC(C)C(N)C(=O)OC[C@@H](CO)OCn1cnc2c(=O)[nH]c(N)nc21. The molecule has 2 atom stereocenters. The van der Waals surface area contributed by atoms with Crippen molar-refractivity contribution >= 4 is 23.1 Å². The van der Waals surface area contributed by atoms with Crippen molar-refractivity contribution in [2.45, 2.75) is 32.7 Å². The molecule has 11 nitrogen and oxygen atoms in total. The number of carbonyl (C=O) groups excluding carboxylic acids is 1. The van der Waals surface area contributed by atoms with Crippen LogP contribution in [-0.2, 0) is 21.0 Å². The first-order valence-electron chi connectivity index (χ1n) is 7.68. The van der Waals surface area contributed by atoms with Gasteiger partial charge in [-0.25, -0.2) is 4.98 Å². The zero-order valence-electron chi connectivity index (χ0n) is 14.0. The number of ether oxygens (including phenoxy) is 2. The fourth-order valence-corrected chi connectivity index (χ4v) is 1.95. The Morgan fingerprint density at radius 1 is 1.48 bits per heavy atom. The third-order valence-electron chi connectivity index (χ3n) is 3.55. The number of nitrogens with one attached hydrogen (secondary N) is 1. The number of H-pyrrole nitrogens is 1. The number of aliphatic hydroxyl groups is 1. The van der Waals surface area contributed by atoms with Crippen LogP contribution in [0.25, 0.3) is 11.2 Å². The van der Waals surface area contributed by atoms with Crippen molar-refractivity contribution in [3.8, 4) is 0 Å². The topological polar surface area (TPSA) is 171 Å². The number of hydrogen-bond donors (Lipinski definition) is 4. The van der Waals surface area contributed by atoms with Crippen molar-refractivity contribution in [3.05, 3.63) is 16.7 Å². The Morgan fingerprint density at radius 2 is 2.20 bits per heavy atom. The van der Waals surface area contributed by atoms with E-state index in [1.807, 2.05) is 0 Å². The molecular weight excluding hydrogens is 332 g/mol. The van der Waals surface area contributed by atoms with Crippen molar-refractivity contribution in [2.75, 3.05) is 18.9 Å². The highest BCUT2D eigenvalue weighted by molar-refractivity contribution is 5.75. The van der Waals surface area contributed by atoms with Crippen LogP contribution in [0, 0.1) is 5.92 Å². The molecule has 0 fully saturated rings. The molecule has 2 aromatic rings. The van der Waals surface area contributed by atoms with E-state index in [4.69, 9.17) is 20.9 Å². The van der Waals surface area contributed by atoms with E-state index < -0.39 is 23.7 Å². The summed E-state index contributed by atoms with van der Waals surface area (Å²) in [4.78, 5) is 33.7. The van der Waals surface area contributed by atoms with Gasteiger partial charge in [-0.15, -0.1) is 0 Å². The lowest BCUT2D eigenvalue weighted by molar-refractivity contribution is -0.153. The number of fused-ring (bicyclic) bond motifs is 1. The molecule has 25 heavy (non-hydrogen) atoms. The van der Waals surface area contributed by atoms with Crippen LogP contribution in [0.15, 0.2) is 11.1 Å². The number of aliphatic hydroxyl groups excluding tert-OH is 1. The monoisotopic (exact) mass is 354 g/mol. The van der Waals surface area contributed by atoms with Crippen LogP contribution in [0.3, 0.4) is 0 Å². The normalized spacial score (nSPS) is 14.0. The third kappa shape index (κ3) is 4.53. The molecule has 6 N–H and O–H groups in total. The molecule has 1 unspecified atom stereocenters. The number of rotatable bonds is 8. The quantitative estimate of drug-likeness (QED) is 0.414. The maximum Gasteiger partial charge on any atom is 0.323 e. The van der Waals surface area contributed by atoms with Crippen LogP contribution in [-0.4, -0.2) is 56.0 Å². The van der Waals surface area contributed by atoms with Crippen LogP contribution in [0.1, 0.15) is 13.8 Å². The van der Waals surface area contributed by atoms with Gasteiger partial charge in [-0.05, 0) is 5.92 Å². The first-order valence-corrected chi connectivity index (χ1v) is 7.68. The second-order valence-corrected chi connectivity index (χ2v) is 5.84. The summed E-state index contributed by atoms with van der Waals surface area (Å²) in [6.45, 7) is 3.02. The summed E-state index contributed by atoms with van der Waals surface area (Å²) < 4.78 is 12.0. The van der Waals surface area contributed by atoms with Gasteiger partial charge in [0.2, 0.25) is 5.95 Å². The Balaban J connectivity index is 1.97. The molecule has 0 aliphatic rings. The molecule has 0 bridgehead atoms. The standard InChI is InChI=1S/C14H22N6O5/c1-7(2)9(15)13(23)24-4-8(3-21)25-6-20-5-17-10-11(20)18-14(16)19-12(10)22/h5,7-9,21H,3-4,6,15H2,1-2H3,(H3,16,18,19,22)/t8-,9?/m1/s1. The summed E-state index contributed by atoms with van der Waals surface area (Å²) in [5.41, 5.74) is 11.1. The van der Waals surface area contributed by atoms with Crippen LogP contribution in [0.5, 0.6) is 0 Å². The summed E-state index contributed by atoms with van der Waals surface area (Å²) in [6, 6.07) is -0.740. The minimum Gasteiger partial charge on any atom is -0.462 e. The Morgan fingerprint density at radius 3 is 2.84 bits per heavy atom. The van der Waals surface area contributed by atoms with E-state index >= 15 is 0 Å². The number of aromatic amines is 1. The maximum absolute atomic E-state index is 11.7. The molecule has 0 spiro atoms. The van der Waals surface area contributed by atoms with E-state index in [9.17, 15) is 14.7 Å². The van der Waals surface area contributed by atoms with Gasteiger partial charge in [-0.2, -0.15) is 4.98 Å². The fraction of sp³-hybridized carbons (Fsp3) is 0.571. The molecule has 0 saturated carbocycles. The van der Waals surface area contributed by atoms with Crippen molar-refractivity contribution in [2.24, 2.45) is 11.7 Å². The minimum atomic E-state index is -0.764. The number of aromatic nitrogens is 4. The van der Waals surface area contributed by atoms with Crippen LogP contribution < -0.4 is 17.0 Å². The van der Waals surface area contributed by atoms with E-state index in [-0.39, 0.29) is 43.0 Å². The summed E-state index contributed by atoms with van der Waals surface area (Å²) in [5, 5.41) is 9.35. The molecular formula is C14H22N6O5. The van der Waals surface area contributed by atoms with E-state index in [0.29, 0.717) is 0 Å². The smallest absolute Gasteiger partial charge is 0.323 e. The largest absolute Gasteiger partial charge is 0.462 e. The second kappa shape index (κ2) is 8.05. The molecule has 0 saturated heterocycles. The van der Waals surface area contributed by atoms with Crippen molar-refractivity contribution in [3.63, 3.8) is 0 Å². The molecule has 11 heteroatoms. The van der Waals surface area contributed by atoms with Crippen molar-refractivity contribution in [1.82, 2.24) is 19.5 Å². The van der Waals surface area contributed by atoms with E-state index in [1.165, 1.54) is 10.9 Å². The summed E-state index contributed by atoms with van der Waals surface area (Å²) >= 11 is 0. The number of imidazole rings is 1. The Labute approximate surface area is 142 Å². The predicted molar refractivity (Wildman–Crippen MR) is 88.3 cm³/mol. The number of hydrogen-bond acceptors (Lipinski definition) is 9. The first kappa shape index (κ1) is 18.8. The van der Waals surface area contributed by atoms with Crippen LogP contribution in [0.4, 0.5) is 5.95 Å². The van der Waals surface area contributed by atoms with Gasteiger partial charge in [-0.1, -0.05) is 13.8 Å². The first-order chi connectivity index (χ1) is 11.8. The van der Waals surface area contributed by atoms with Gasteiger partial charge >= 0.3 is 5.97 Å². The second-order valence-electron chi connectivity index (χ2n) is 5.84. The fourth-order valence-electron chi connectivity index (χ4n) is 1.95. The lowest BCUT2D eigenvalue weighted by Gasteiger charge is -2.19. The molecule has 0 amide bonds. The number of carbonyl (C=O) groups is 1. The van der Waals surface area contributed by atoms with E-state index in [1.54, 1.807) is 13.8 Å². The number of nitrogen functional groups attached to an aromatic ring is 1. The molecule has 2 rings (SSSR count). The third-order valence-corrected chi connectivity index (χ3v) is 3.55. The lowest BCUT2D eigenvalue weighted by atomic mass is 10.1. The number of esters is 1. The minimum absolute atomic E-state index is 0.0467. The van der Waals surface area contributed by atoms with Crippen molar-refractivity contribution in [1.29, 1.82) is 0 Å². The zero-order chi connectivity index (χ0) is 18.6. The predicted octanol–water partition coefficient (Wildman–Crippen LogP) is -1.44. The van der Waals surface area contributed by atoms with Gasteiger partial charge in [0, 0.05) is 0 Å². The molecule has 0 aromatic carbocycles. The van der Waals surface area contributed by atoms with Crippen molar-refractivity contribution < 1.29 is 19.4 Å². The van der Waals surface area contributed by atoms with Gasteiger partial charge in [0.05, 0.1) is 12.9 Å². The highest BCUT2D eigenvalue weighted by Crippen LogP contribution is 2.08. The summed E-state index contributed by atoms with van der Waals surface area (Å²) in [7, 11) is 0. The molecule has 2 aromatic heterocycles.